The van der Waals surface area contributed by atoms with Gasteiger partial charge in [-0.3, -0.25) is 0 Å². The fourth-order valence-electron chi connectivity index (χ4n) is 4.69. The third-order valence-electron chi connectivity index (χ3n) is 4.69. The lowest BCUT2D eigenvalue weighted by Crippen LogP contribution is -2.48. The van der Waals surface area contributed by atoms with Crippen LogP contribution in [0.15, 0.2) is 0 Å². The third kappa shape index (κ3) is 1.62. The largest absolute Gasteiger partial charge is 0.449 e. The summed E-state index contributed by atoms with van der Waals surface area (Å²) < 4.78 is 5.07. The normalized spacial score (nSPS) is 46.8. The molecule has 1 amide bonds. The van der Waals surface area contributed by atoms with Gasteiger partial charge in [-0.1, -0.05) is 0 Å². The predicted octanol–water partition coefficient (Wildman–Crippen LogP) is 2.30. The maximum absolute atomic E-state index is 10.7. The van der Waals surface area contributed by atoms with Gasteiger partial charge in [-0.2, -0.15) is 0 Å². The van der Waals surface area contributed by atoms with Crippen molar-refractivity contribution < 1.29 is 9.53 Å². The lowest BCUT2D eigenvalue weighted by atomic mass is 9.50. The summed E-state index contributed by atoms with van der Waals surface area (Å²) in [5.41, 5.74) is 5.37. The van der Waals surface area contributed by atoms with Crippen LogP contribution in [0.4, 0.5) is 4.79 Å². The monoisotopic (exact) mass is 209 g/mol. The topological polar surface area (TPSA) is 52.3 Å². The Morgan fingerprint density at radius 2 is 1.60 bits per heavy atom. The molecule has 4 aliphatic rings. The second-order valence-corrected chi connectivity index (χ2v) is 6.03. The van der Waals surface area contributed by atoms with Crippen LogP contribution in [0.25, 0.3) is 0 Å². The summed E-state index contributed by atoms with van der Waals surface area (Å²) in [4.78, 5) is 10.7. The van der Waals surface area contributed by atoms with Crippen molar-refractivity contribution in [2.24, 2.45) is 28.9 Å². The highest BCUT2D eigenvalue weighted by Crippen LogP contribution is 2.59. The minimum Gasteiger partial charge on any atom is -0.449 e. The Morgan fingerprint density at radius 1 is 1.13 bits per heavy atom. The standard InChI is InChI=1S/C12H19NO2/c13-11(14)15-7-12-4-8-1-9(5-12)3-10(2-8)6-12/h8-10H,1-7H2,(H2,13,14). The minimum atomic E-state index is -0.606. The number of carbonyl (C=O) groups is 1. The number of primary amides is 1. The van der Waals surface area contributed by atoms with Crippen molar-refractivity contribution in [3.05, 3.63) is 0 Å². The molecule has 4 bridgehead atoms. The molecule has 4 fully saturated rings. The zero-order valence-electron chi connectivity index (χ0n) is 9.08. The molecule has 0 radical (unpaired) electrons. The van der Waals surface area contributed by atoms with Crippen molar-refractivity contribution in [3.8, 4) is 0 Å². The van der Waals surface area contributed by atoms with Crippen LogP contribution in [0.2, 0.25) is 0 Å². The van der Waals surface area contributed by atoms with Crippen LogP contribution in [0.1, 0.15) is 38.5 Å². The van der Waals surface area contributed by atoms with Gasteiger partial charge in [0.25, 0.3) is 0 Å². The van der Waals surface area contributed by atoms with Gasteiger partial charge in [0.2, 0.25) is 0 Å². The van der Waals surface area contributed by atoms with E-state index in [1.165, 1.54) is 38.5 Å². The fourth-order valence-corrected chi connectivity index (χ4v) is 4.69. The summed E-state index contributed by atoms with van der Waals surface area (Å²) in [6.07, 6.45) is 7.48. The molecule has 3 nitrogen and oxygen atoms in total. The van der Waals surface area contributed by atoms with E-state index in [9.17, 15) is 4.79 Å². The van der Waals surface area contributed by atoms with Gasteiger partial charge in [-0.05, 0) is 56.3 Å². The van der Waals surface area contributed by atoms with Crippen molar-refractivity contribution in [3.63, 3.8) is 0 Å². The molecule has 0 saturated heterocycles. The maximum Gasteiger partial charge on any atom is 0.404 e. The van der Waals surface area contributed by atoms with Gasteiger partial charge in [0, 0.05) is 5.41 Å². The molecule has 2 N–H and O–H groups in total. The number of rotatable bonds is 2. The first-order chi connectivity index (χ1) is 7.15. The zero-order valence-corrected chi connectivity index (χ0v) is 9.08. The van der Waals surface area contributed by atoms with E-state index in [1.54, 1.807) is 0 Å². The molecular weight excluding hydrogens is 190 g/mol. The van der Waals surface area contributed by atoms with Gasteiger partial charge in [0.1, 0.15) is 0 Å². The number of hydrogen-bond acceptors (Lipinski definition) is 2. The van der Waals surface area contributed by atoms with Gasteiger partial charge in [-0.25, -0.2) is 4.79 Å². The smallest absolute Gasteiger partial charge is 0.404 e. The summed E-state index contributed by atoms with van der Waals surface area (Å²) in [6.45, 7) is 0.575. The highest BCUT2D eigenvalue weighted by atomic mass is 16.5. The number of nitrogens with two attached hydrogens (primary N) is 1. The first kappa shape index (κ1) is 9.49. The Morgan fingerprint density at radius 3 is 2.00 bits per heavy atom. The molecule has 0 aromatic heterocycles. The molecule has 4 saturated carbocycles. The Balaban J connectivity index is 1.72. The molecule has 4 aliphatic carbocycles. The van der Waals surface area contributed by atoms with Crippen LogP contribution in [-0.4, -0.2) is 12.7 Å². The first-order valence-corrected chi connectivity index (χ1v) is 6.07. The Kier molecular flexibility index (Phi) is 1.98. The van der Waals surface area contributed by atoms with Gasteiger partial charge in [0.05, 0.1) is 6.61 Å². The Bertz CT molecular complexity index is 252. The molecule has 15 heavy (non-hydrogen) atoms. The molecule has 4 rings (SSSR count). The molecule has 3 heteroatoms. The molecule has 0 aliphatic heterocycles. The number of hydrogen-bond donors (Lipinski definition) is 1. The lowest BCUT2D eigenvalue weighted by molar-refractivity contribution is -0.0812. The van der Waals surface area contributed by atoms with Crippen molar-refractivity contribution in [2.75, 3.05) is 6.61 Å². The van der Waals surface area contributed by atoms with Crippen molar-refractivity contribution in [1.82, 2.24) is 0 Å². The minimum absolute atomic E-state index is 0.309. The van der Waals surface area contributed by atoms with E-state index < -0.39 is 6.09 Å². The highest BCUT2D eigenvalue weighted by molar-refractivity contribution is 5.64. The quantitative estimate of drug-likeness (QED) is 0.758. The first-order valence-electron chi connectivity index (χ1n) is 6.07. The van der Waals surface area contributed by atoms with E-state index in [0.717, 1.165) is 17.8 Å². The van der Waals surface area contributed by atoms with E-state index in [4.69, 9.17) is 10.5 Å². The van der Waals surface area contributed by atoms with E-state index in [1.807, 2.05) is 0 Å². The zero-order chi connectivity index (χ0) is 10.5. The molecule has 0 aromatic carbocycles. The van der Waals surface area contributed by atoms with Crippen LogP contribution < -0.4 is 5.73 Å². The van der Waals surface area contributed by atoms with Crippen molar-refractivity contribution in [1.29, 1.82) is 0 Å². The molecule has 84 valence electrons. The average molecular weight is 209 g/mol. The molecule has 0 unspecified atom stereocenters. The van der Waals surface area contributed by atoms with Crippen LogP contribution in [0, 0.1) is 23.2 Å². The third-order valence-corrected chi connectivity index (χ3v) is 4.69. The van der Waals surface area contributed by atoms with Crippen LogP contribution in [0.3, 0.4) is 0 Å². The number of amides is 1. The van der Waals surface area contributed by atoms with E-state index in [0.29, 0.717) is 12.0 Å². The SMILES string of the molecule is NC(=O)OCC12CC3CC(CC(C3)C1)C2. The van der Waals surface area contributed by atoms with Crippen LogP contribution >= 0.6 is 0 Å². The Labute approximate surface area is 90.4 Å². The summed E-state index contributed by atoms with van der Waals surface area (Å²) >= 11 is 0. The second kappa shape index (κ2) is 3.13. The predicted molar refractivity (Wildman–Crippen MR) is 56.1 cm³/mol. The summed E-state index contributed by atoms with van der Waals surface area (Å²) in [5, 5.41) is 0. The van der Waals surface area contributed by atoms with Crippen molar-refractivity contribution in [2.45, 2.75) is 38.5 Å². The van der Waals surface area contributed by atoms with Gasteiger partial charge in [0.15, 0.2) is 0 Å². The van der Waals surface area contributed by atoms with E-state index in [-0.39, 0.29) is 0 Å². The summed E-state index contributed by atoms with van der Waals surface area (Å²) in [5.74, 6) is 2.73. The average Bonchev–Trinajstić information content (AvgIpc) is 2.12. The second-order valence-electron chi connectivity index (χ2n) is 6.03. The molecule has 0 aromatic rings. The number of ether oxygens (including phenoxy) is 1. The maximum atomic E-state index is 10.7. The Hall–Kier alpha value is -0.730. The van der Waals surface area contributed by atoms with E-state index in [2.05, 4.69) is 0 Å². The molecular formula is C12H19NO2. The molecule has 0 spiro atoms. The van der Waals surface area contributed by atoms with E-state index >= 15 is 0 Å². The van der Waals surface area contributed by atoms with Gasteiger partial charge < -0.3 is 10.5 Å². The molecule has 0 heterocycles. The number of carbonyl (C=O) groups excluding carboxylic acids is 1. The summed E-state index contributed by atoms with van der Waals surface area (Å²) in [7, 11) is 0. The molecule has 0 atom stereocenters. The van der Waals surface area contributed by atoms with Gasteiger partial charge >= 0.3 is 6.09 Å². The van der Waals surface area contributed by atoms with Crippen LogP contribution in [0.5, 0.6) is 0 Å². The van der Waals surface area contributed by atoms with Crippen LogP contribution in [-0.2, 0) is 4.74 Å². The lowest BCUT2D eigenvalue weighted by Gasteiger charge is -2.56. The van der Waals surface area contributed by atoms with Gasteiger partial charge in [-0.15, -0.1) is 0 Å². The van der Waals surface area contributed by atoms with Crippen molar-refractivity contribution >= 4 is 6.09 Å². The fraction of sp³-hybridized carbons (Fsp3) is 0.917. The highest BCUT2D eigenvalue weighted by Gasteiger charge is 2.51. The summed E-state index contributed by atoms with van der Waals surface area (Å²) in [6, 6.07) is 0.